The van der Waals surface area contributed by atoms with Crippen molar-refractivity contribution < 1.29 is 8.42 Å². The minimum atomic E-state index is -3.58. The number of thiazole rings is 1. The van der Waals surface area contributed by atoms with Crippen molar-refractivity contribution in [2.24, 2.45) is 0 Å². The van der Waals surface area contributed by atoms with Crippen LogP contribution in [0.2, 0.25) is 0 Å². The second-order valence-corrected chi connectivity index (χ2v) is 9.79. The molecule has 0 atom stereocenters. The zero-order valence-corrected chi connectivity index (χ0v) is 16.5. The summed E-state index contributed by atoms with van der Waals surface area (Å²) in [6, 6.07) is 12.5. The molecule has 9 heteroatoms. The van der Waals surface area contributed by atoms with Crippen molar-refractivity contribution in [1.82, 2.24) is 19.1 Å². The Morgan fingerprint density at radius 2 is 1.78 bits per heavy atom. The molecule has 1 saturated heterocycles. The van der Waals surface area contributed by atoms with E-state index in [4.69, 9.17) is 0 Å². The van der Waals surface area contributed by atoms with Crippen LogP contribution in [0.5, 0.6) is 0 Å². The fourth-order valence-corrected chi connectivity index (χ4v) is 6.22. The van der Waals surface area contributed by atoms with Gasteiger partial charge in [-0.25, -0.2) is 18.1 Å². The van der Waals surface area contributed by atoms with Gasteiger partial charge in [-0.15, -0.1) is 11.3 Å². The number of aryl methyl sites for hydroxylation is 2. The van der Waals surface area contributed by atoms with Gasteiger partial charge < -0.3 is 0 Å². The third-order valence-corrected chi connectivity index (χ3v) is 8.00. The maximum atomic E-state index is 12.8. The van der Waals surface area contributed by atoms with Gasteiger partial charge in [-0.1, -0.05) is 30.3 Å². The van der Waals surface area contributed by atoms with Gasteiger partial charge in [0.15, 0.2) is 4.21 Å². The third-order valence-electron chi connectivity index (χ3n) is 4.50. The van der Waals surface area contributed by atoms with Gasteiger partial charge in [0.2, 0.25) is 0 Å². The first kappa shape index (κ1) is 18.0. The molecule has 0 aliphatic carbocycles. The Morgan fingerprint density at radius 1 is 1.07 bits per heavy atom. The normalized spacial score (nSPS) is 15.6. The summed E-state index contributed by atoms with van der Waals surface area (Å²) in [5, 5.41) is 5.17. The second-order valence-electron chi connectivity index (χ2n) is 6.45. The van der Waals surface area contributed by atoms with Crippen molar-refractivity contribution in [3.63, 3.8) is 0 Å². The van der Waals surface area contributed by atoms with E-state index in [9.17, 15) is 13.2 Å². The summed E-state index contributed by atoms with van der Waals surface area (Å²) < 4.78 is 28.6. The molecule has 0 amide bonds. The molecule has 0 unspecified atom stereocenters. The average molecular weight is 403 g/mol. The Kier molecular flexibility index (Phi) is 4.45. The molecule has 0 radical (unpaired) electrons. The Bertz CT molecular complexity index is 1150. The van der Waals surface area contributed by atoms with Crippen LogP contribution in [0.1, 0.15) is 16.7 Å². The zero-order chi connectivity index (χ0) is 19.2. The number of hydrogen-bond acceptors (Lipinski definition) is 6. The summed E-state index contributed by atoms with van der Waals surface area (Å²) in [4.78, 5) is 16.4. The maximum absolute atomic E-state index is 12.8. The minimum Gasteiger partial charge on any atom is -0.268 e. The van der Waals surface area contributed by atoms with Crippen molar-refractivity contribution in [1.29, 1.82) is 0 Å². The van der Waals surface area contributed by atoms with Crippen LogP contribution in [0, 0.1) is 13.8 Å². The predicted octanol–water partition coefficient (Wildman–Crippen LogP) is 2.23. The van der Waals surface area contributed by atoms with Gasteiger partial charge in [0, 0.05) is 24.7 Å². The summed E-state index contributed by atoms with van der Waals surface area (Å²) in [6.45, 7) is 3.94. The molecule has 0 spiro atoms. The van der Waals surface area contributed by atoms with Crippen LogP contribution >= 0.6 is 11.3 Å². The zero-order valence-electron chi connectivity index (χ0n) is 14.9. The van der Waals surface area contributed by atoms with Crippen LogP contribution in [0.15, 0.2) is 51.5 Å². The number of rotatable bonds is 4. The van der Waals surface area contributed by atoms with Crippen LogP contribution in [0.3, 0.4) is 0 Å². The van der Waals surface area contributed by atoms with Crippen molar-refractivity contribution in [2.45, 2.75) is 24.1 Å². The number of sulfonamides is 1. The van der Waals surface area contributed by atoms with E-state index in [2.05, 4.69) is 10.1 Å². The number of hydrogen-bond donors (Lipinski definition) is 0. The maximum Gasteiger partial charge on any atom is 0.267 e. The van der Waals surface area contributed by atoms with Gasteiger partial charge in [0.25, 0.3) is 15.6 Å². The van der Waals surface area contributed by atoms with Crippen molar-refractivity contribution >= 4 is 21.4 Å². The predicted molar refractivity (Wildman–Crippen MR) is 103 cm³/mol. The third kappa shape index (κ3) is 3.22. The van der Waals surface area contributed by atoms with Gasteiger partial charge in [0.05, 0.1) is 22.4 Å². The number of benzene rings is 1. The molecule has 3 heterocycles. The van der Waals surface area contributed by atoms with E-state index in [1.807, 2.05) is 30.3 Å². The highest BCUT2D eigenvalue weighted by Crippen LogP contribution is 2.32. The standard InChI is InChI=1S/C18H18N4O3S2/c1-12-18(26-13(2)19-12)27(24,25)21-10-15(11-21)22-17(23)9-8-16(20-22)14-6-4-3-5-7-14/h3-9,15H,10-11H2,1-2H3. The molecular weight excluding hydrogens is 384 g/mol. The summed E-state index contributed by atoms with van der Waals surface area (Å²) >= 11 is 1.17. The molecule has 4 rings (SSSR count). The largest absolute Gasteiger partial charge is 0.268 e. The monoisotopic (exact) mass is 402 g/mol. The van der Waals surface area contributed by atoms with Crippen LogP contribution in [0.4, 0.5) is 0 Å². The van der Waals surface area contributed by atoms with E-state index in [-0.39, 0.29) is 28.9 Å². The number of aromatic nitrogens is 3. The van der Waals surface area contributed by atoms with Gasteiger partial charge in [-0.05, 0) is 19.9 Å². The van der Waals surface area contributed by atoms with Gasteiger partial charge in [0.1, 0.15) is 0 Å². The first-order valence-electron chi connectivity index (χ1n) is 8.46. The summed E-state index contributed by atoms with van der Waals surface area (Å²) in [7, 11) is -3.58. The highest BCUT2D eigenvalue weighted by molar-refractivity contribution is 7.91. The van der Waals surface area contributed by atoms with Crippen LogP contribution in [-0.2, 0) is 10.0 Å². The Labute approximate surface area is 161 Å². The van der Waals surface area contributed by atoms with E-state index >= 15 is 0 Å². The van der Waals surface area contributed by atoms with Gasteiger partial charge >= 0.3 is 0 Å². The smallest absolute Gasteiger partial charge is 0.267 e. The first-order chi connectivity index (χ1) is 12.9. The van der Waals surface area contributed by atoms with Gasteiger partial charge in [-0.3, -0.25) is 4.79 Å². The molecule has 2 aromatic heterocycles. The fraction of sp³-hybridized carbons (Fsp3) is 0.278. The topological polar surface area (TPSA) is 85.2 Å². The van der Waals surface area contributed by atoms with Crippen molar-refractivity contribution in [3.8, 4) is 11.3 Å². The van der Waals surface area contributed by atoms with E-state index < -0.39 is 10.0 Å². The molecule has 0 N–H and O–H groups in total. The lowest BCUT2D eigenvalue weighted by Gasteiger charge is -2.37. The van der Waals surface area contributed by atoms with E-state index in [0.29, 0.717) is 11.4 Å². The molecule has 3 aromatic rings. The summed E-state index contributed by atoms with van der Waals surface area (Å²) in [5.41, 5.74) is 1.88. The van der Waals surface area contributed by atoms with Gasteiger partial charge in [-0.2, -0.15) is 9.40 Å². The first-order valence-corrected chi connectivity index (χ1v) is 10.7. The average Bonchev–Trinajstić information content (AvgIpc) is 2.95. The summed E-state index contributed by atoms with van der Waals surface area (Å²) in [5.74, 6) is 0. The quantitative estimate of drug-likeness (QED) is 0.668. The van der Waals surface area contributed by atoms with Crippen LogP contribution in [0.25, 0.3) is 11.3 Å². The molecule has 1 fully saturated rings. The molecule has 1 aliphatic heterocycles. The lowest BCUT2D eigenvalue weighted by atomic mass is 10.1. The SMILES string of the molecule is Cc1nc(C)c(S(=O)(=O)N2CC(n3nc(-c4ccccc4)ccc3=O)C2)s1. The van der Waals surface area contributed by atoms with E-state index in [1.165, 1.54) is 26.4 Å². The minimum absolute atomic E-state index is 0.226. The molecule has 0 saturated carbocycles. The van der Waals surface area contributed by atoms with Crippen LogP contribution < -0.4 is 5.56 Å². The Balaban J connectivity index is 1.58. The van der Waals surface area contributed by atoms with E-state index in [1.54, 1.807) is 19.9 Å². The Hall–Kier alpha value is -2.36. The van der Waals surface area contributed by atoms with Crippen molar-refractivity contribution in [3.05, 3.63) is 63.5 Å². The lowest BCUT2D eigenvalue weighted by molar-refractivity contribution is 0.186. The molecule has 0 bridgehead atoms. The Morgan fingerprint density at radius 3 is 2.41 bits per heavy atom. The highest BCUT2D eigenvalue weighted by Gasteiger charge is 2.40. The molecule has 1 aliphatic rings. The molecule has 1 aromatic carbocycles. The molecule has 27 heavy (non-hydrogen) atoms. The summed E-state index contributed by atoms with van der Waals surface area (Å²) in [6.07, 6.45) is 0. The number of nitrogens with zero attached hydrogens (tertiary/aromatic N) is 4. The van der Waals surface area contributed by atoms with Crippen LogP contribution in [-0.4, -0.2) is 40.6 Å². The molecule has 7 nitrogen and oxygen atoms in total. The highest BCUT2D eigenvalue weighted by atomic mass is 32.2. The molecule has 140 valence electrons. The van der Waals surface area contributed by atoms with Crippen molar-refractivity contribution in [2.75, 3.05) is 13.1 Å². The lowest BCUT2D eigenvalue weighted by Crippen LogP contribution is -2.53. The van der Waals surface area contributed by atoms with E-state index in [0.717, 1.165) is 10.6 Å². The second kappa shape index (κ2) is 6.66. The fourth-order valence-electron chi connectivity index (χ4n) is 3.09. The molecular formula is C18H18N4O3S2.